The number of rotatable bonds is 9. The van der Waals surface area contributed by atoms with Crippen LogP contribution in [-0.4, -0.2) is 41.0 Å². The number of aromatic nitrogens is 1. The molecule has 0 unspecified atom stereocenters. The van der Waals surface area contributed by atoms with E-state index in [0.717, 1.165) is 28.7 Å². The third kappa shape index (κ3) is 5.51. The number of anilines is 1. The lowest BCUT2D eigenvalue weighted by molar-refractivity contribution is -0.132. The van der Waals surface area contributed by atoms with E-state index in [1.165, 1.54) is 4.90 Å². The van der Waals surface area contributed by atoms with Gasteiger partial charge >= 0.3 is 11.9 Å². The van der Waals surface area contributed by atoms with Crippen molar-refractivity contribution >= 4 is 55.8 Å². The number of aliphatic hydroxyl groups is 1. The number of aliphatic hydroxyl groups excluding tert-OH is 1. The van der Waals surface area contributed by atoms with Crippen molar-refractivity contribution in [3.05, 3.63) is 80.3 Å². The molecule has 10 heteroatoms. The van der Waals surface area contributed by atoms with Gasteiger partial charge in [-0.2, -0.15) is 0 Å². The van der Waals surface area contributed by atoms with E-state index in [0.29, 0.717) is 29.2 Å². The number of esters is 1. The van der Waals surface area contributed by atoms with Crippen molar-refractivity contribution in [2.45, 2.75) is 39.7 Å². The van der Waals surface area contributed by atoms with Crippen molar-refractivity contribution in [2.75, 3.05) is 18.1 Å². The first kappa shape index (κ1) is 27.5. The zero-order chi connectivity index (χ0) is 27.4. The summed E-state index contributed by atoms with van der Waals surface area (Å²) in [7, 11) is 0. The normalized spacial score (nSPS) is 16.6. The average Bonchev–Trinajstić information content (AvgIpc) is 3.41. The zero-order valence-corrected chi connectivity index (χ0v) is 23.6. The minimum atomic E-state index is -0.964. The summed E-state index contributed by atoms with van der Waals surface area (Å²) in [5.74, 6) is -1.91. The van der Waals surface area contributed by atoms with E-state index in [-0.39, 0.29) is 27.9 Å². The molecule has 2 aromatic carbocycles. The molecule has 1 aliphatic rings. The summed E-state index contributed by atoms with van der Waals surface area (Å²) in [5, 5.41) is 11.5. The van der Waals surface area contributed by atoms with Crippen LogP contribution in [0.4, 0.5) is 5.13 Å². The van der Waals surface area contributed by atoms with Crippen molar-refractivity contribution in [3.63, 3.8) is 0 Å². The number of nitrogens with zero attached hydrogens (tertiary/aromatic N) is 2. The first-order chi connectivity index (χ1) is 18.3. The van der Waals surface area contributed by atoms with Crippen molar-refractivity contribution in [1.29, 1.82) is 0 Å². The first-order valence-electron chi connectivity index (χ1n) is 12.2. The molecular weight excluding hydrogens is 572 g/mol. The number of hydrogen-bond donors (Lipinski definition) is 1. The molecule has 3 aromatic rings. The number of amides is 1. The Bertz CT molecular complexity index is 1400. The van der Waals surface area contributed by atoms with E-state index < -0.39 is 23.7 Å². The van der Waals surface area contributed by atoms with Gasteiger partial charge in [0.1, 0.15) is 16.4 Å². The SMILES string of the molecule is CCCCOc1ccc(C(O)=C2C(=O)C(=O)N(c3nc(C)c(C(=O)OCC)s3)[C@H]2c2cccc(Br)c2)cc1. The van der Waals surface area contributed by atoms with Gasteiger partial charge in [0.15, 0.2) is 5.13 Å². The van der Waals surface area contributed by atoms with Crippen LogP contribution < -0.4 is 9.64 Å². The van der Waals surface area contributed by atoms with Crippen molar-refractivity contribution in [1.82, 2.24) is 4.98 Å². The van der Waals surface area contributed by atoms with E-state index in [1.54, 1.807) is 56.3 Å². The molecule has 1 aromatic heterocycles. The molecule has 8 nitrogen and oxygen atoms in total. The minimum absolute atomic E-state index is 0.0710. The van der Waals surface area contributed by atoms with E-state index in [1.807, 2.05) is 6.07 Å². The van der Waals surface area contributed by atoms with Crippen LogP contribution >= 0.6 is 27.3 Å². The number of thiazole rings is 1. The summed E-state index contributed by atoms with van der Waals surface area (Å²) in [6, 6.07) is 12.9. The van der Waals surface area contributed by atoms with E-state index in [4.69, 9.17) is 9.47 Å². The number of unbranched alkanes of at least 4 members (excludes halogenated alkanes) is 1. The minimum Gasteiger partial charge on any atom is -0.507 e. The van der Waals surface area contributed by atoms with Gasteiger partial charge in [-0.25, -0.2) is 9.78 Å². The molecular formula is C28H27BrN2O6S. The van der Waals surface area contributed by atoms with Crippen molar-refractivity contribution < 1.29 is 29.0 Å². The molecule has 0 spiro atoms. The molecule has 1 saturated heterocycles. The summed E-state index contributed by atoms with van der Waals surface area (Å²) < 4.78 is 11.5. The largest absolute Gasteiger partial charge is 0.507 e. The van der Waals surface area contributed by atoms with Crippen LogP contribution in [0.25, 0.3) is 5.76 Å². The Balaban J connectivity index is 1.81. The number of ether oxygens (including phenoxy) is 2. The lowest BCUT2D eigenvalue weighted by Crippen LogP contribution is -2.29. The van der Waals surface area contributed by atoms with Crippen molar-refractivity contribution in [3.8, 4) is 5.75 Å². The Hall–Kier alpha value is -3.50. The maximum Gasteiger partial charge on any atom is 0.350 e. The number of ketones is 1. The number of aryl methyl sites for hydroxylation is 1. The van der Waals surface area contributed by atoms with Gasteiger partial charge in [0.25, 0.3) is 5.78 Å². The Morgan fingerprint density at radius 3 is 2.55 bits per heavy atom. The van der Waals surface area contributed by atoms with E-state index >= 15 is 0 Å². The second kappa shape index (κ2) is 11.9. The van der Waals surface area contributed by atoms with Crippen molar-refractivity contribution in [2.24, 2.45) is 0 Å². The molecule has 38 heavy (non-hydrogen) atoms. The molecule has 0 saturated carbocycles. The van der Waals surface area contributed by atoms with Gasteiger partial charge in [0, 0.05) is 10.0 Å². The zero-order valence-electron chi connectivity index (χ0n) is 21.2. The van der Waals surface area contributed by atoms with Gasteiger partial charge in [-0.05, 0) is 62.2 Å². The first-order valence-corrected chi connectivity index (χ1v) is 13.8. The number of carbonyl (C=O) groups is 3. The molecule has 4 rings (SSSR count). The van der Waals surface area contributed by atoms with Crippen LogP contribution in [0.3, 0.4) is 0 Å². The van der Waals surface area contributed by atoms with Crippen LogP contribution in [0.15, 0.2) is 58.6 Å². The standard InChI is InChI=1S/C28H27BrN2O6S/c1-4-6-14-37-20-12-10-17(11-13-20)23(32)21-22(18-8-7-9-19(29)15-18)31(26(34)24(21)33)28-30-16(3)25(38-28)27(35)36-5-2/h7-13,15,22,32H,4-6,14H2,1-3H3/t22-/m0/s1. The molecule has 2 heterocycles. The fraction of sp³-hybridized carbons (Fsp3) is 0.286. The number of carbonyl (C=O) groups excluding carboxylic acids is 3. The van der Waals surface area contributed by atoms with Crippen LogP contribution in [-0.2, 0) is 14.3 Å². The smallest absolute Gasteiger partial charge is 0.350 e. The van der Waals surface area contributed by atoms with Gasteiger partial charge in [-0.15, -0.1) is 0 Å². The van der Waals surface area contributed by atoms with Crippen LogP contribution in [0, 0.1) is 6.92 Å². The quantitative estimate of drug-likeness (QED) is 0.103. The maximum absolute atomic E-state index is 13.4. The highest BCUT2D eigenvalue weighted by Gasteiger charge is 2.48. The molecule has 0 radical (unpaired) electrons. The Kier molecular flexibility index (Phi) is 8.63. The average molecular weight is 600 g/mol. The lowest BCUT2D eigenvalue weighted by atomic mass is 9.95. The maximum atomic E-state index is 13.4. The molecule has 1 fully saturated rings. The second-order valence-electron chi connectivity index (χ2n) is 8.58. The molecule has 0 bridgehead atoms. The molecule has 1 atom stereocenters. The highest BCUT2D eigenvalue weighted by atomic mass is 79.9. The number of Topliss-reactive ketones (excluding diaryl/α,β-unsaturated/α-hetero) is 1. The third-order valence-electron chi connectivity index (χ3n) is 5.96. The second-order valence-corrected chi connectivity index (χ2v) is 10.5. The highest BCUT2D eigenvalue weighted by molar-refractivity contribution is 9.10. The highest BCUT2D eigenvalue weighted by Crippen LogP contribution is 2.44. The van der Waals surface area contributed by atoms with Gasteiger partial charge in [0.05, 0.1) is 30.5 Å². The molecule has 0 aliphatic carbocycles. The Morgan fingerprint density at radius 2 is 1.89 bits per heavy atom. The molecule has 1 amide bonds. The number of benzene rings is 2. The fourth-order valence-electron chi connectivity index (χ4n) is 4.09. The van der Waals surface area contributed by atoms with E-state index in [2.05, 4.69) is 27.8 Å². The van der Waals surface area contributed by atoms with Crippen LogP contribution in [0.5, 0.6) is 5.75 Å². The van der Waals surface area contributed by atoms with Gasteiger partial charge in [0.2, 0.25) is 0 Å². The summed E-state index contributed by atoms with van der Waals surface area (Å²) in [5.41, 5.74) is 1.27. The monoisotopic (exact) mass is 598 g/mol. The third-order valence-corrected chi connectivity index (χ3v) is 7.59. The topological polar surface area (TPSA) is 106 Å². The predicted molar refractivity (Wildman–Crippen MR) is 149 cm³/mol. The summed E-state index contributed by atoms with van der Waals surface area (Å²) in [6.45, 7) is 6.19. The molecule has 198 valence electrons. The number of hydrogen-bond acceptors (Lipinski definition) is 8. The van der Waals surface area contributed by atoms with Gasteiger partial charge in [-0.1, -0.05) is 52.7 Å². The molecule has 1 aliphatic heterocycles. The lowest BCUT2D eigenvalue weighted by Gasteiger charge is -2.23. The summed E-state index contributed by atoms with van der Waals surface area (Å²) >= 11 is 4.42. The summed E-state index contributed by atoms with van der Waals surface area (Å²) in [4.78, 5) is 45.1. The van der Waals surface area contributed by atoms with Crippen LogP contribution in [0.2, 0.25) is 0 Å². The Labute approximate surface area is 233 Å². The molecule has 1 N–H and O–H groups in total. The van der Waals surface area contributed by atoms with E-state index in [9.17, 15) is 19.5 Å². The predicted octanol–water partition coefficient (Wildman–Crippen LogP) is 6.20. The van der Waals surface area contributed by atoms with Gasteiger partial charge < -0.3 is 14.6 Å². The van der Waals surface area contributed by atoms with Gasteiger partial charge in [-0.3, -0.25) is 14.5 Å². The Morgan fingerprint density at radius 1 is 1.16 bits per heavy atom. The number of halogens is 1. The summed E-state index contributed by atoms with van der Waals surface area (Å²) in [6.07, 6.45) is 1.93. The fourth-order valence-corrected chi connectivity index (χ4v) is 5.50. The van der Waals surface area contributed by atoms with Crippen LogP contribution in [0.1, 0.15) is 59.2 Å².